The van der Waals surface area contributed by atoms with E-state index in [0.29, 0.717) is 17.8 Å². The highest BCUT2D eigenvalue weighted by molar-refractivity contribution is 5.97. The van der Waals surface area contributed by atoms with E-state index in [0.717, 1.165) is 17.6 Å². The molecular weight excluding hydrogens is 331 g/mol. The second-order valence-corrected chi connectivity index (χ2v) is 7.32. The summed E-state index contributed by atoms with van der Waals surface area (Å²) in [6.45, 7) is 9.93. The quantitative estimate of drug-likeness (QED) is 0.756. The zero-order chi connectivity index (χ0) is 19.5. The van der Waals surface area contributed by atoms with Gasteiger partial charge in [-0.2, -0.15) is 0 Å². The van der Waals surface area contributed by atoms with Gasteiger partial charge in [0, 0.05) is 18.7 Å². The highest BCUT2D eigenvalue weighted by Crippen LogP contribution is 2.24. The molecule has 2 rings (SSSR count). The fourth-order valence-corrected chi connectivity index (χ4v) is 3.20. The molecule has 6 heteroatoms. The summed E-state index contributed by atoms with van der Waals surface area (Å²) in [4.78, 5) is 22.0. The highest BCUT2D eigenvalue weighted by Gasteiger charge is 2.25. The summed E-state index contributed by atoms with van der Waals surface area (Å²) in [5.74, 6) is -0.250. The maximum absolute atomic E-state index is 12.9. The van der Waals surface area contributed by atoms with Crippen molar-refractivity contribution >= 4 is 22.4 Å². The molecule has 140 valence electrons. The van der Waals surface area contributed by atoms with Gasteiger partial charge in [-0.3, -0.25) is 9.56 Å². The van der Waals surface area contributed by atoms with Gasteiger partial charge in [0.1, 0.15) is 0 Å². The molecule has 0 aliphatic carbocycles. The normalized spacial score (nSPS) is 13.7. The number of halogens is 1. The van der Waals surface area contributed by atoms with E-state index >= 15 is 0 Å². The number of allylic oxidation sites excluding steroid dienone is 3. The van der Waals surface area contributed by atoms with E-state index in [9.17, 15) is 9.18 Å². The van der Waals surface area contributed by atoms with Crippen molar-refractivity contribution in [3.8, 4) is 0 Å². The molecule has 0 aliphatic rings. The number of H-pyrrole nitrogens is 1. The Kier molecular flexibility index (Phi) is 5.97. The van der Waals surface area contributed by atoms with Gasteiger partial charge in [-0.25, -0.2) is 9.18 Å². The molecule has 1 N–H and O–H groups in total. The Balaban J connectivity index is 2.46. The van der Waals surface area contributed by atoms with Gasteiger partial charge in [-0.15, -0.1) is 0 Å². The Hall–Kier alpha value is -2.47. The summed E-state index contributed by atoms with van der Waals surface area (Å²) in [6, 6.07) is 5.57. The van der Waals surface area contributed by atoms with Crippen LogP contribution in [0.5, 0.6) is 0 Å². The largest absolute Gasteiger partial charge is 0.327 e. The Bertz CT molecular complexity index is 912. The van der Waals surface area contributed by atoms with Crippen molar-refractivity contribution in [2.24, 2.45) is 4.99 Å². The van der Waals surface area contributed by atoms with E-state index in [-0.39, 0.29) is 17.1 Å². The second kappa shape index (κ2) is 7.83. The number of hydrogen-bond donors (Lipinski definition) is 1. The number of rotatable bonds is 7. The lowest BCUT2D eigenvalue weighted by Gasteiger charge is -2.29. The van der Waals surface area contributed by atoms with Gasteiger partial charge in [-0.1, -0.05) is 6.58 Å². The number of aliphatic imine (C=N–C) groups is 1. The molecule has 5 nitrogen and oxygen atoms in total. The number of aromatic amines is 1. The summed E-state index contributed by atoms with van der Waals surface area (Å²) in [5.41, 5.74) is 2.41. The first-order valence-corrected chi connectivity index (χ1v) is 8.56. The Morgan fingerprint density at radius 1 is 1.42 bits per heavy atom. The van der Waals surface area contributed by atoms with E-state index in [2.05, 4.69) is 21.5 Å². The fourth-order valence-electron chi connectivity index (χ4n) is 3.20. The van der Waals surface area contributed by atoms with Crippen LogP contribution in [0, 0.1) is 0 Å². The maximum Gasteiger partial charge on any atom is 0.327 e. The van der Waals surface area contributed by atoms with Gasteiger partial charge in [0.25, 0.3) is 0 Å². The minimum atomic E-state index is -0.362. The number of benzene rings is 1. The van der Waals surface area contributed by atoms with Gasteiger partial charge in [0.15, 0.2) is 0 Å². The van der Waals surface area contributed by atoms with Gasteiger partial charge >= 0.3 is 5.69 Å². The van der Waals surface area contributed by atoms with Crippen LogP contribution in [0.3, 0.4) is 0 Å². The van der Waals surface area contributed by atoms with Crippen LogP contribution < -0.4 is 5.69 Å². The van der Waals surface area contributed by atoms with Crippen molar-refractivity contribution in [3.05, 3.63) is 53.2 Å². The van der Waals surface area contributed by atoms with E-state index in [1.807, 2.05) is 46.1 Å². The number of aromatic nitrogens is 2. The molecular formula is C20H27FN4O. The molecule has 0 radical (unpaired) electrons. The standard InChI is InChI=1S/C20H27FN4O/c1-7-15(9-8-14(2)21)22-16-10-11-18-17(12-16)23-19(26)25(18)20(3,4)13-24(5)6/h7-8,10-12H,1,9,13H2,2-6H3,(H,23,26). The van der Waals surface area contributed by atoms with Crippen molar-refractivity contribution in [2.75, 3.05) is 20.6 Å². The van der Waals surface area contributed by atoms with Gasteiger partial charge in [0.2, 0.25) is 0 Å². The number of nitrogens with zero attached hydrogens (tertiary/aromatic N) is 3. The SMILES string of the molecule is C=CC(CC=C(C)F)=Nc1ccc2c(c1)[nH]c(=O)n2C(C)(C)CN(C)C. The first kappa shape index (κ1) is 19.8. The highest BCUT2D eigenvalue weighted by atomic mass is 19.1. The third-order valence-electron chi connectivity index (χ3n) is 4.08. The van der Waals surface area contributed by atoms with Crippen LogP contribution in [0.2, 0.25) is 0 Å². The molecule has 0 atom stereocenters. The number of fused-ring (bicyclic) bond motifs is 1. The summed E-state index contributed by atoms with van der Waals surface area (Å²) in [5, 5.41) is 0. The first-order chi connectivity index (χ1) is 12.1. The van der Waals surface area contributed by atoms with E-state index < -0.39 is 0 Å². The fraction of sp³-hybridized carbons (Fsp3) is 0.400. The Morgan fingerprint density at radius 2 is 2.12 bits per heavy atom. The number of likely N-dealkylation sites (N-methyl/N-ethyl adjacent to an activating group) is 1. The molecule has 0 aliphatic heterocycles. The van der Waals surface area contributed by atoms with E-state index in [1.165, 1.54) is 13.0 Å². The molecule has 0 bridgehead atoms. The zero-order valence-electron chi connectivity index (χ0n) is 16.1. The summed E-state index contributed by atoms with van der Waals surface area (Å²) in [6.07, 6.45) is 3.44. The smallest absolute Gasteiger partial charge is 0.307 e. The summed E-state index contributed by atoms with van der Waals surface area (Å²) < 4.78 is 14.7. The predicted molar refractivity (Wildman–Crippen MR) is 107 cm³/mol. The number of nitrogens with one attached hydrogen (secondary N) is 1. The molecule has 0 fully saturated rings. The minimum absolute atomic E-state index is 0.145. The van der Waals surface area contributed by atoms with E-state index in [1.54, 1.807) is 10.6 Å². The molecule has 26 heavy (non-hydrogen) atoms. The molecule has 0 amide bonds. The van der Waals surface area contributed by atoms with Crippen LogP contribution in [0.1, 0.15) is 27.2 Å². The third kappa shape index (κ3) is 4.58. The Labute approximate surface area is 153 Å². The average Bonchev–Trinajstić information content (AvgIpc) is 2.85. The van der Waals surface area contributed by atoms with Crippen molar-refractivity contribution < 1.29 is 4.39 Å². The van der Waals surface area contributed by atoms with Gasteiger partial charge in [-0.05, 0) is 65.2 Å². The maximum atomic E-state index is 12.9. The van der Waals surface area contributed by atoms with Crippen LogP contribution in [0.15, 0.2) is 52.5 Å². The topological polar surface area (TPSA) is 53.4 Å². The van der Waals surface area contributed by atoms with Crippen LogP contribution in [0.25, 0.3) is 11.0 Å². The van der Waals surface area contributed by atoms with E-state index in [4.69, 9.17) is 0 Å². The van der Waals surface area contributed by atoms with Gasteiger partial charge in [0.05, 0.1) is 28.1 Å². The Morgan fingerprint density at radius 3 is 2.69 bits per heavy atom. The molecule has 0 spiro atoms. The summed E-state index contributed by atoms with van der Waals surface area (Å²) in [7, 11) is 3.97. The lowest BCUT2D eigenvalue weighted by atomic mass is 10.0. The second-order valence-electron chi connectivity index (χ2n) is 7.32. The van der Waals surface area contributed by atoms with Gasteiger partial charge < -0.3 is 9.88 Å². The lowest BCUT2D eigenvalue weighted by Crippen LogP contribution is -2.42. The molecule has 0 saturated heterocycles. The van der Waals surface area contributed by atoms with Crippen LogP contribution in [-0.2, 0) is 5.54 Å². The predicted octanol–water partition coefficient (Wildman–Crippen LogP) is 4.15. The third-order valence-corrected chi connectivity index (χ3v) is 4.08. The molecule has 1 aromatic heterocycles. The van der Waals surface area contributed by atoms with Crippen LogP contribution >= 0.6 is 0 Å². The number of imidazole rings is 1. The molecule has 2 aromatic rings. The minimum Gasteiger partial charge on any atom is -0.307 e. The number of hydrogen-bond acceptors (Lipinski definition) is 3. The molecule has 0 unspecified atom stereocenters. The van der Waals surface area contributed by atoms with Crippen molar-refractivity contribution in [2.45, 2.75) is 32.7 Å². The van der Waals surface area contributed by atoms with Crippen molar-refractivity contribution in [1.29, 1.82) is 0 Å². The molecule has 1 aromatic carbocycles. The van der Waals surface area contributed by atoms with Crippen LogP contribution in [-0.4, -0.2) is 40.8 Å². The van der Waals surface area contributed by atoms with Crippen molar-refractivity contribution in [3.63, 3.8) is 0 Å². The molecule has 0 saturated carbocycles. The zero-order valence-corrected chi connectivity index (χ0v) is 16.1. The monoisotopic (exact) mass is 358 g/mol. The molecule has 1 heterocycles. The first-order valence-electron chi connectivity index (χ1n) is 8.56. The summed E-state index contributed by atoms with van der Waals surface area (Å²) >= 11 is 0. The average molecular weight is 358 g/mol. The lowest BCUT2D eigenvalue weighted by molar-refractivity contribution is 0.242. The van der Waals surface area contributed by atoms with Crippen LogP contribution in [0.4, 0.5) is 10.1 Å². The van der Waals surface area contributed by atoms with Crippen molar-refractivity contribution in [1.82, 2.24) is 14.5 Å².